The minimum Gasteiger partial charge on any atom is -0.480 e. The summed E-state index contributed by atoms with van der Waals surface area (Å²) in [5.41, 5.74) is 0.653. The lowest BCUT2D eigenvalue weighted by Gasteiger charge is -2.33. The van der Waals surface area contributed by atoms with E-state index in [4.69, 9.17) is 16.7 Å². The number of hydrogen-bond acceptors (Lipinski definition) is 8. The van der Waals surface area contributed by atoms with Gasteiger partial charge >= 0.3 is 12.6 Å². The highest BCUT2D eigenvalue weighted by atomic mass is 35.5. The fourth-order valence-corrected chi connectivity index (χ4v) is 4.61. The average molecular weight is 589 g/mol. The second-order valence-corrected chi connectivity index (χ2v) is 9.50. The first-order chi connectivity index (χ1) is 19.7. The molecule has 3 aromatic heterocycles. The van der Waals surface area contributed by atoms with Gasteiger partial charge in [0, 0.05) is 55.4 Å². The van der Waals surface area contributed by atoms with Crippen LogP contribution in [0.15, 0.2) is 49.1 Å². The number of aliphatic carboxylic acids is 1. The Balaban J connectivity index is 1.44. The van der Waals surface area contributed by atoms with E-state index in [1.165, 1.54) is 46.0 Å². The summed E-state index contributed by atoms with van der Waals surface area (Å²) in [6.45, 7) is -2.04. The van der Waals surface area contributed by atoms with Crippen LogP contribution >= 0.6 is 11.6 Å². The molecule has 1 fully saturated rings. The Labute approximate surface area is 235 Å². The van der Waals surface area contributed by atoms with Crippen molar-refractivity contribution in [2.24, 2.45) is 0 Å². The van der Waals surface area contributed by atoms with Crippen LogP contribution in [0.3, 0.4) is 0 Å². The molecule has 0 unspecified atom stereocenters. The van der Waals surface area contributed by atoms with E-state index in [9.17, 15) is 23.2 Å². The number of benzene rings is 1. The van der Waals surface area contributed by atoms with Crippen LogP contribution in [-0.2, 0) is 16.1 Å². The smallest absolute Gasteiger partial charge is 0.387 e. The molecule has 0 aliphatic carbocycles. The molecule has 4 aromatic rings. The van der Waals surface area contributed by atoms with Gasteiger partial charge in [-0.05, 0) is 24.3 Å². The van der Waals surface area contributed by atoms with Crippen molar-refractivity contribution in [3.63, 3.8) is 0 Å². The Bertz CT molecular complexity index is 1600. The summed E-state index contributed by atoms with van der Waals surface area (Å²) in [6, 6.07) is 5.64. The highest BCUT2D eigenvalue weighted by Crippen LogP contribution is 2.37. The van der Waals surface area contributed by atoms with E-state index in [2.05, 4.69) is 25.2 Å². The zero-order valence-corrected chi connectivity index (χ0v) is 22.0. The molecule has 2 amide bonds. The number of halogens is 3. The topological polar surface area (TPSA) is 147 Å². The maximum Gasteiger partial charge on any atom is 0.387 e. The van der Waals surface area contributed by atoms with Crippen LogP contribution < -0.4 is 10.1 Å². The lowest BCUT2D eigenvalue weighted by molar-refractivity contribution is -0.139. The number of piperazine rings is 1. The van der Waals surface area contributed by atoms with Crippen molar-refractivity contribution in [1.82, 2.24) is 34.2 Å². The second kappa shape index (κ2) is 11.9. The van der Waals surface area contributed by atoms with Crippen molar-refractivity contribution in [3.8, 4) is 17.0 Å². The number of carboxylic acids is 1. The van der Waals surface area contributed by atoms with Gasteiger partial charge < -0.3 is 20.1 Å². The number of aromatic nitrogens is 5. The molecule has 2 N–H and O–H groups in total. The predicted octanol–water partition coefficient (Wildman–Crippen LogP) is 2.33. The van der Waals surface area contributed by atoms with Gasteiger partial charge in [-0.15, -0.1) is 0 Å². The van der Waals surface area contributed by atoms with Gasteiger partial charge in [0.05, 0.1) is 18.4 Å². The number of nitrogens with one attached hydrogen (secondary N) is 1. The summed E-state index contributed by atoms with van der Waals surface area (Å²) in [5, 5.41) is 20.4. The molecule has 0 bridgehead atoms. The number of amides is 2. The first-order valence-corrected chi connectivity index (χ1v) is 12.7. The Morgan fingerprint density at radius 2 is 1.93 bits per heavy atom. The van der Waals surface area contributed by atoms with Gasteiger partial charge in [-0.2, -0.15) is 19.0 Å². The lowest BCUT2D eigenvalue weighted by atomic mass is 10.1. The molecule has 0 radical (unpaired) electrons. The number of carbonyl (C=O) groups excluding carboxylic acids is 2. The summed E-state index contributed by atoms with van der Waals surface area (Å²) < 4.78 is 33.7. The van der Waals surface area contributed by atoms with Crippen LogP contribution in [0.5, 0.6) is 5.75 Å². The third-order valence-corrected chi connectivity index (χ3v) is 6.56. The first-order valence-electron chi connectivity index (χ1n) is 12.3. The quantitative estimate of drug-likeness (QED) is 0.301. The zero-order valence-electron chi connectivity index (χ0n) is 21.3. The molecule has 41 heavy (non-hydrogen) atoms. The van der Waals surface area contributed by atoms with Crippen molar-refractivity contribution in [2.75, 3.05) is 38.0 Å². The van der Waals surface area contributed by atoms with Crippen molar-refractivity contribution in [3.05, 3.63) is 59.6 Å². The maximum absolute atomic E-state index is 13.2. The zero-order chi connectivity index (χ0) is 29.1. The molecule has 1 aromatic carbocycles. The Hall–Kier alpha value is -4.63. The van der Waals surface area contributed by atoms with Gasteiger partial charge in [-0.1, -0.05) is 11.6 Å². The van der Waals surface area contributed by atoms with Crippen molar-refractivity contribution in [2.45, 2.75) is 13.2 Å². The number of nitrogens with zero attached hydrogens (tertiary/aromatic N) is 7. The fourth-order valence-electron chi connectivity index (χ4n) is 4.44. The molecule has 0 atom stereocenters. The number of alkyl halides is 2. The molecule has 4 heterocycles. The summed E-state index contributed by atoms with van der Waals surface area (Å²) in [5.74, 6) is -2.07. The molecule has 1 aliphatic heterocycles. The van der Waals surface area contributed by atoms with Crippen LogP contribution in [0.1, 0.15) is 10.4 Å². The largest absolute Gasteiger partial charge is 0.480 e. The predicted molar refractivity (Wildman–Crippen MR) is 141 cm³/mol. The second-order valence-electron chi connectivity index (χ2n) is 9.06. The molecule has 0 saturated carbocycles. The number of ether oxygens (including phenoxy) is 1. The molecule has 5 rings (SSSR count). The lowest BCUT2D eigenvalue weighted by Crippen LogP contribution is -2.50. The Morgan fingerprint density at radius 1 is 1.15 bits per heavy atom. The summed E-state index contributed by atoms with van der Waals surface area (Å²) in [4.78, 5) is 44.7. The minimum atomic E-state index is -3.14. The van der Waals surface area contributed by atoms with Gasteiger partial charge in [0.15, 0.2) is 5.65 Å². The molecule has 214 valence electrons. The summed E-state index contributed by atoms with van der Waals surface area (Å²) in [7, 11) is 0. The van der Waals surface area contributed by atoms with Gasteiger partial charge in [0.25, 0.3) is 5.91 Å². The van der Waals surface area contributed by atoms with Crippen molar-refractivity contribution in [1.29, 1.82) is 0 Å². The van der Waals surface area contributed by atoms with Gasteiger partial charge in [-0.3, -0.25) is 24.0 Å². The van der Waals surface area contributed by atoms with Gasteiger partial charge in [-0.25, -0.2) is 9.50 Å². The molecule has 13 nitrogen and oxygen atoms in total. The van der Waals surface area contributed by atoms with Crippen LogP contribution in [0.4, 0.5) is 14.5 Å². The number of hydrogen-bond donors (Lipinski definition) is 2. The van der Waals surface area contributed by atoms with Crippen LogP contribution in [0, 0.1) is 0 Å². The van der Waals surface area contributed by atoms with E-state index in [1.54, 1.807) is 22.1 Å². The van der Waals surface area contributed by atoms with E-state index in [0.29, 0.717) is 31.8 Å². The number of anilines is 1. The molecule has 16 heteroatoms. The number of carboxylic acid groups (broad SMARTS) is 1. The molecule has 0 spiro atoms. The van der Waals surface area contributed by atoms with Crippen LogP contribution in [0.25, 0.3) is 16.9 Å². The Kier molecular flexibility index (Phi) is 8.07. The standard InChI is InChI=1S/C25H23ClF2N8O5/c26-15-2-3-19(41-25(27)28)16(10-15)22-18(31-24(40)17-11-30-36-5-1-4-29-23(17)36)12-35(32-22)13-20(37)34-8-6-33(7-9-34)14-21(38)39/h1-5,10-12,25H,6-9,13-14H2,(H,31,40)(H,38,39). The summed E-state index contributed by atoms with van der Waals surface area (Å²) in [6.07, 6.45) is 5.86. The highest BCUT2D eigenvalue weighted by molar-refractivity contribution is 6.31. The van der Waals surface area contributed by atoms with Gasteiger partial charge in [0.2, 0.25) is 5.91 Å². The highest BCUT2D eigenvalue weighted by Gasteiger charge is 2.25. The molecule has 1 saturated heterocycles. The van der Waals surface area contributed by atoms with E-state index in [1.807, 2.05) is 0 Å². The number of carbonyl (C=O) groups is 3. The molecular formula is C25H23ClF2N8O5. The van der Waals surface area contributed by atoms with E-state index < -0.39 is 18.5 Å². The monoisotopic (exact) mass is 588 g/mol. The summed E-state index contributed by atoms with van der Waals surface area (Å²) >= 11 is 6.16. The van der Waals surface area contributed by atoms with Crippen LogP contribution in [-0.4, -0.2) is 96.4 Å². The molecular weight excluding hydrogens is 566 g/mol. The third-order valence-electron chi connectivity index (χ3n) is 6.33. The van der Waals surface area contributed by atoms with Gasteiger partial charge in [0.1, 0.15) is 23.6 Å². The fraction of sp³-hybridized carbons (Fsp3) is 0.280. The first kappa shape index (κ1) is 27.9. The van der Waals surface area contributed by atoms with Crippen molar-refractivity contribution >= 4 is 40.7 Å². The Morgan fingerprint density at radius 3 is 2.66 bits per heavy atom. The normalized spacial score (nSPS) is 14.0. The molecule has 1 aliphatic rings. The number of rotatable bonds is 9. The third kappa shape index (κ3) is 6.41. The SMILES string of the molecule is O=C(O)CN1CCN(C(=O)Cn2cc(NC(=O)c3cnn4cccnc34)c(-c3cc(Cl)ccc3OC(F)F)n2)CC1. The van der Waals surface area contributed by atoms with E-state index in [-0.39, 0.29) is 52.3 Å². The maximum atomic E-state index is 13.2. The minimum absolute atomic E-state index is 0.0417. The van der Waals surface area contributed by atoms with Crippen molar-refractivity contribution < 1.29 is 33.0 Å². The number of fused-ring (bicyclic) bond motifs is 1. The van der Waals surface area contributed by atoms with Crippen LogP contribution in [0.2, 0.25) is 5.02 Å². The average Bonchev–Trinajstić information content (AvgIpc) is 3.53. The van der Waals surface area contributed by atoms with E-state index in [0.717, 1.165) is 0 Å². The van der Waals surface area contributed by atoms with E-state index >= 15 is 0 Å².